The summed E-state index contributed by atoms with van der Waals surface area (Å²) in [7, 11) is 0. The van der Waals surface area contributed by atoms with Crippen LogP contribution in [0.3, 0.4) is 0 Å². The van der Waals surface area contributed by atoms with Crippen LogP contribution in [0.25, 0.3) is 0 Å². The molecule has 0 saturated heterocycles. The van der Waals surface area contributed by atoms with E-state index >= 15 is 0 Å². The molecule has 0 aliphatic carbocycles. The first-order valence-corrected chi connectivity index (χ1v) is 8.39. The third kappa shape index (κ3) is 4.18. The van der Waals surface area contributed by atoms with E-state index in [9.17, 15) is 9.59 Å². The molecule has 0 aliphatic heterocycles. The number of carbonyl (C=O) groups is 2. The molecule has 1 aromatic carbocycles. The molecule has 0 atom stereocenters. The van der Waals surface area contributed by atoms with Gasteiger partial charge in [0.2, 0.25) is 5.91 Å². The Hall–Kier alpha value is -1.66. The molecule has 6 heteroatoms. The van der Waals surface area contributed by atoms with Crippen molar-refractivity contribution >= 4 is 44.8 Å². The number of carbonyl (C=O) groups excluding carboxylic acids is 2. The van der Waals surface area contributed by atoms with Gasteiger partial charge >= 0.3 is 0 Å². The average molecular weight is 381 g/mol. The molecule has 1 aromatic heterocycles. The Morgan fingerprint density at radius 2 is 1.91 bits per heavy atom. The smallest absolute Gasteiger partial charge is 0.252 e. The molecule has 2 rings (SSSR count). The predicted octanol–water partition coefficient (Wildman–Crippen LogP) is 3.80. The Morgan fingerprint density at radius 1 is 1.18 bits per heavy atom. The minimum atomic E-state index is -0.250. The molecule has 1 heterocycles. The molecule has 0 spiro atoms. The number of nitrogens with one attached hydrogen (secondary N) is 2. The fourth-order valence-electron chi connectivity index (χ4n) is 2.04. The zero-order chi connectivity index (χ0) is 16.3. The van der Waals surface area contributed by atoms with Crippen LogP contribution in [-0.4, -0.2) is 18.4 Å². The number of halogens is 1. The summed E-state index contributed by atoms with van der Waals surface area (Å²) in [5, 5.41) is 5.41. The molecule has 0 aliphatic rings. The van der Waals surface area contributed by atoms with E-state index < -0.39 is 0 Å². The maximum atomic E-state index is 12.0. The third-order valence-corrected chi connectivity index (χ3v) is 4.99. The van der Waals surface area contributed by atoms with Gasteiger partial charge in [-0.25, -0.2) is 0 Å². The Balaban J connectivity index is 1.91. The summed E-state index contributed by atoms with van der Waals surface area (Å²) >= 11 is 4.98. The van der Waals surface area contributed by atoms with Crippen molar-refractivity contribution in [1.29, 1.82) is 0 Å². The van der Waals surface area contributed by atoms with Gasteiger partial charge in [0, 0.05) is 19.9 Å². The second kappa shape index (κ2) is 7.07. The maximum absolute atomic E-state index is 12.0. The SMILES string of the molecule is Cc1cc(C(=O)NCC(=O)Nc2ccc(Br)c(C)c2)c(C)s1. The number of hydrogen-bond donors (Lipinski definition) is 2. The molecule has 0 bridgehead atoms. The Labute approximate surface area is 142 Å². The Morgan fingerprint density at radius 3 is 2.50 bits per heavy atom. The van der Waals surface area contributed by atoms with E-state index in [1.165, 1.54) is 0 Å². The van der Waals surface area contributed by atoms with Crippen LogP contribution in [0.2, 0.25) is 0 Å². The van der Waals surface area contributed by atoms with Crippen molar-refractivity contribution in [2.75, 3.05) is 11.9 Å². The normalized spacial score (nSPS) is 10.4. The van der Waals surface area contributed by atoms with Crippen LogP contribution < -0.4 is 10.6 Å². The van der Waals surface area contributed by atoms with E-state index in [1.54, 1.807) is 11.3 Å². The molecule has 2 N–H and O–H groups in total. The zero-order valence-electron chi connectivity index (χ0n) is 12.6. The summed E-state index contributed by atoms with van der Waals surface area (Å²) in [4.78, 5) is 26.0. The first-order chi connectivity index (χ1) is 10.4. The van der Waals surface area contributed by atoms with Gasteiger partial charge in [0.05, 0.1) is 12.1 Å². The molecule has 0 unspecified atom stereocenters. The number of thiophene rings is 1. The fraction of sp³-hybridized carbons (Fsp3) is 0.250. The van der Waals surface area contributed by atoms with E-state index in [0.29, 0.717) is 11.3 Å². The number of hydrogen-bond acceptors (Lipinski definition) is 3. The quantitative estimate of drug-likeness (QED) is 0.846. The lowest BCUT2D eigenvalue weighted by atomic mass is 10.2. The lowest BCUT2D eigenvalue weighted by molar-refractivity contribution is -0.115. The molecule has 22 heavy (non-hydrogen) atoms. The van der Waals surface area contributed by atoms with Gasteiger partial charge < -0.3 is 10.6 Å². The van der Waals surface area contributed by atoms with Crippen molar-refractivity contribution < 1.29 is 9.59 Å². The summed E-state index contributed by atoms with van der Waals surface area (Å²) in [6, 6.07) is 7.39. The topological polar surface area (TPSA) is 58.2 Å². The van der Waals surface area contributed by atoms with Crippen LogP contribution in [0.15, 0.2) is 28.7 Å². The fourth-order valence-corrected chi connectivity index (χ4v) is 3.21. The highest BCUT2D eigenvalue weighted by atomic mass is 79.9. The summed E-state index contributed by atoms with van der Waals surface area (Å²) in [6.07, 6.45) is 0. The maximum Gasteiger partial charge on any atom is 0.252 e. The first-order valence-electron chi connectivity index (χ1n) is 6.78. The van der Waals surface area contributed by atoms with Crippen molar-refractivity contribution in [2.24, 2.45) is 0 Å². The van der Waals surface area contributed by atoms with Gasteiger partial charge in [-0.2, -0.15) is 0 Å². The van der Waals surface area contributed by atoms with Crippen molar-refractivity contribution in [1.82, 2.24) is 5.32 Å². The number of benzene rings is 1. The van der Waals surface area contributed by atoms with Crippen LogP contribution in [0, 0.1) is 20.8 Å². The van der Waals surface area contributed by atoms with Gasteiger partial charge in [0.25, 0.3) is 5.91 Å². The molecule has 0 fully saturated rings. The second-order valence-electron chi connectivity index (χ2n) is 5.02. The molecule has 2 amide bonds. The third-order valence-electron chi connectivity index (χ3n) is 3.14. The number of rotatable bonds is 4. The number of amides is 2. The van der Waals surface area contributed by atoms with Crippen LogP contribution in [-0.2, 0) is 4.79 Å². The number of anilines is 1. The van der Waals surface area contributed by atoms with Gasteiger partial charge in [0.15, 0.2) is 0 Å². The Bertz CT molecular complexity index is 725. The van der Waals surface area contributed by atoms with E-state index in [1.807, 2.05) is 45.0 Å². The zero-order valence-corrected chi connectivity index (χ0v) is 15.0. The second-order valence-corrected chi connectivity index (χ2v) is 7.34. The molecular weight excluding hydrogens is 364 g/mol. The van der Waals surface area contributed by atoms with Gasteiger partial charge in [-0.3, -0.25) is 9.59 Å². The lowest BCUT2D eigenvalue weighted by Gasteiger charge is -2.08. The summed E-state index contributed by atoms with van der Waals surface area (Å²) in [5.74, 6) is -0.469. The molecule has 2 aromatic rings. The van der Waals surface area contributed by atoms with Gasteiger partial charge in [-0.15, -0.1) is 11.3 Å². The van der Waals surface area contributed by atoms with Crippen LogP contribution in [0.5, 0.6) is 0 Å². The lowest BCUT2D eigenvalue weighted by Crippen LogP contribution is -2.32. The highest BCUT2D eigenvalue weighted by molar-refractivity contribution is 9.10. The average Bonchev–Trinajstić information content (AvgIpc) is 2.79. The van der Waals surface area contributed by atoms with Gasteiger partial charge in [-0.1, -0.05) is 15.9 Å². The minimum absolute atomic E-state index is 0.0533. The van der Waals surface area contributed by atoms with Gasteiger partial charge in [-0.05, 0) is 50.6 Å². The standard InChI is InChI=1S/C16H17BrN2O2S/c1-9-6-12(4-5-14(9)17)19-15(20)8-18-16(21)13-7-10(2)22-11(13)3/h4-7H,8H2,1-3H3,(H,18,21)(H,19,20). The first kappa shape index (κ1) is 16.7. The molecule has 116 valence electrons. The molecule has 0 saturated carbocycles. The van der Waals surface area contributed by atoms with Crippen molar-refractivity contribution in [3.63, 3.8) is 0 Å². The van der Waals surface area contributed by atoms with Crippen LogP contribution in [0.4, 0.5) is 5.69 Å². The largest absolute Gasteiger partial charge is 0.343 e. The molecule has 4 nitrogen and oxygen atoms in total. The monoisotopic (exact) mass is 380 g/mol. The minimum Gasteiger partial charge on any atom is -0.343 e. The molecular formula is C16H17BrN2O2S. The van der Waals surface area contributed by atoms with Crippen LogP contribution >= 0.6 is 27.3 Å². The Kier molecular flexibility index (Phi) is 5.37. The van der Waals surface area contributed by atoms with E-state index in [2.05, 4.69) is 26.6 Å². The van der Waals surface area contributed by atoms with Crippen molar-refractivity contribution in [3.8, 4) is 0 Å². The van der Waals surface area contributed by atoms with E-state index in [4.69, 9.17) is 0 Å². The predicted molar refractivity (Wildman–Crippen MR) is 93.6 cm³/mol. The van der Waals surface area contributed by atoms with E-state index in [0.717, 1.165) is 19.8 Å². The van der Waals surface area contributed by atoms with E-state index in [-0.39, 0.29) is 18.4 Å². The highest BCUT2D eigenvalue weighted by Gasteiger charge is 2.13. The van der Waals surface area contributed by atoms with Crippen molar-refractivity contribution in [3.05, 3.63) is 49.6 Å². The summed E-state index contributed by atoms with van der Waals surface area (Å²) in [5.41, 5.74) is 2.38. The summed E-state index contributed by atoms with van der Waals surface area (Å²) < 4.78 is 0.988. The number of aryl methyl sites for hydroxylation is 3. The van der Waals surface area contributed by atoms with Gasteiger partial charge in [0.1, 0.15) is 0 Å². The van der Waals surface area contributed by atoms with Crippen LogP contribution in [0.1, 0.15) is 25.7 Å². The highest BCUT2D eigenvalue weighted by Crippen LogP contribution is 2.21. The van der Waals surface area contributed by atoms with Crippen molar-refractivity contribution in [2.45, 2.75) is 20.8 Å². The summed E-state index contributed by atoms with van der Waals surface area (Å²) in [6.45, 7) is 5.75. The molecule has 0 radical (unpaired) electrons.